The zero-order valence-corrected chi connectivity index (χ0v) is 10.4. The molecule has 0 atom stereocenters. The Kier molecular flexibility index (Phi) is 3.15. The van der Waals surface area contributed by atoms with Crippen molar-refractivity contribution >= 4 is 0 Å². The van der Waals surface area contributed by atoms with Crippen LogP contribution in [0.25, 0.3) is 11.4 Å². The van der Waals surface area contributed by atoms with Crippen molar-refractivity contribution in [3.63, 3.8) is 0 Å². The second kappa shape index (κ2) is 4.97. The van der Waals surface area contributed by atoms with Gasteiger partial charge >= 0.3 is 0 Å². The molecule has 0 saturated heterocycles. The normalized spacial score (nSPS) is 14.1. The van der Waals surface area contributed by atoms with Crippen LogP contribution in [-0.2, 0) is 6.54 Å². The molecule has 2 aromatic rings. The van der Waals surface area contributed by atoms with Gasteiger partial charge in [0, 0.05) is 12.5 Å². The van der Waals surface area contributed by atoms with Crippen molar-refractivity contribution in [3.8, 4) is 28.6 Å². The second-order valence-corrected chi connectivity index (χ2v) is 4.18. The maximum absolute atomic E-state index is 13.8. The first-order valence-corrected chi connectivity index (χ1v) is 6.04. The van der Waals surface area contributed by atoms with Gasteiger partial charge in [0.2, 0.25) is 11.7 Å². The zero-order chi connectivity index (χ0) is 14.1. The van der Waals surface area contributed by atoms with E-state index in [1.165, 1.54) is 0 Å². The van der Waals surface area contributed by atoms with Gasteiger partial charge in [-0.25, -0.2) is 4.39 Å². The summed E-state index contributed by atoms with van der Waals surface area (Å²) in [5.74, 6) is -0.879. The molecule has 1 aromatic carbocycles. The fourth-order valence-electron chi connectivity index (χ4n) is 1.91. The van der Waals surface area contributed by atoms with Crippen LogP contribution in [0.3, 0.4) is 0 Å². The number of phenolic OH excluding ortho intramolecular Hbond substituents is 1. The van der Waals surface area contributed by atoms with E-state index in [-0.39, 0.29) is 35.3 Å². The van der Waals surface area contributed by atoms with Crippen LogP contribution in [-0.4, -0.2) is 28.5 Å². The Morgan fingerprint density at radius 2 is 2.15 bits per heavy atom. The molecule has 0 aliphatic carbocycles. The molecule has 1 aromatic heterocycles. The van der Waals surface area contributed by atoms with E-state index < -0.39 is 11.6 Å². The van der Waals surface area contributed by atoms with Crippen LogP contribution >= 0.6 is 0 Å². The lowest BCUT2D eigenvalue weighted by Crippen LogP contribution is -1.99. The molecule has 0 bridgehead atoms. The molecule has 1 aliphatic heterocycles. The number of hydrogen-bond donors (Lipinski definition) is 2. The number of aromatic hydroxyl groups is 1. The van der Waals surface area contributed by atoms with Crippen molar-refractivity contribution in [2.24, 2.45) is 5.73 Å². The number of aromatic nitrogens is 2. The van der Waals surface area contributed by atoms with E-state index in [1.54, 1.807) is 0 Å². The Hall–Kier alpha value is -2.35. The monoisotopic (exact) mass is 281 g/mol. The molecule has 0 fully saturated rings. The van der Waals surface area contributed by atoms with Gasteiger partial charge in [-0.15, -0.1) is 0 Å². The second-order valence-electron chi connectivity index (χ2n) is 4.18. The van der Waals surface area contributed by atoms with E-state index >= 15 is 0 Å². The van der Waals surface area contributed by atoms with Crippen molar-refractivity contribution in [3.05, 3.63) is 17.8 Å². The van der Waals surface area contributed by atoms with E-state index in [0.717, 1.165) is 6.07 Å². The minimum atomic E-state index is -0.844. The minimum absolute atomic E-state index is 0.00389. The van der Waals surface area contributed by atoms with Gasteiger partial charge in [-0.05, 0) is 0 Å². The lowest BCUT2D eigenvalue weighted by Gasteiger charge is -2.12. The molecule has 0 unspecified atom stereocenters. The van der Waals surface area contributed by atoms with E-state index in [2.05, 4.69) is 10.1 Å². The molecule has 0 amide bonds. The average molecular weight is 281 g/mol. The molecule has 2 heterocycles. The topological polar surface area (TPSA) is 104 Å². The maximum Gasteiger partial charge on any atom is 0.240 e. The molecule has 1 aliphatic rings. The van der Waals surface area contributed by atoms with Crippen LogP contribution in [0.5, 0.6) is 17.2 Å². The lowest BCUT2D eigenvalue weighted by molar-refractivity contribution is 0.297. The summed E-state index contributed by atoms with van der Waals surface area (Å²) in [5, 5.41) is 13.6. The number of nitrogens with two attached hydrogens (primary N) is 1. The first-order valence-electron chi connectivity index (χ1n) is 6.04. The van der Waals surface area contributed by atoms with Gasteiger partial charge in [-0.2, -0.15) is 4.98 Å². The Morgan fingerprint density at radius 1 is 1.35 bits per heavy atom. The van der Waals surface area contributed by atoms with Crippen LogP contribution in [0, 0.1) is 5.82 Å². The van der Waals surface area contributed by atoms with Crippen molar-refractivity contribution in [2.75, 3.05) is 13.2 Å². The number of ether oxygens (including phenoxy) is 2. The van der Waals surface area contributed by atoms with Gasteiger partial charge in [0.25, 0.3) is 0 Å². The predicted octanol–water partition coefficient (Wildman–Crippen LogP) is 1.20. The number of phenols is 1. The molecule has 3 rings (SSSR count). The minimum Gasteiger partial charge on any atom is -0.504 e. The number of hydrogen-bond acceptors (Lipinski definition) is 7. The van der Waals surface area contributed by atoms with E-state index in [0.29, 0.717) is 19.6 Å². The molecule has 0 spiro atoms. The highest BCUT2D eigenvalue weighted by atomic mass is 19.1. The Balaban J connectivity index is 2.19. The van der Waals surface area contributed by atoms with Crippen molar-refractivity contribution in [2.45, 2.75) is 13.0 Å². The average Bonchev–Trinajstić information content (AvgIpc) is 2.80. The van der Waals surface area contributed by atoms with Crippen LogP contribution in [0.4, 0.5) is 4.39 Å². The van der Waals surface area contributed by atoms with Gasteiger partial charge in [0.15, 0.2) is 23.1 Å². The first kappa shape index (κ1) is 12.7. The van der Waals surface area contributed by atoms with Crippen LogP contribution in [0.2, 0.25) is 0 Å². The highest BCUT2D eigenvalue weighted by Gasteiger charge is 2.26. The molecule has 0 radical (unpaired) electrons. The van der Waals surface area contributed by atoms with Crippen molar-refractivity contribution in [1.82, 2.24) is 10.1 Å². The van der Waals surface area contributed by atoms with E-state index in [1.807, 2.05) is 0 Å². The Labute approximate surface area is 113 Å². The largest absolute Gasteiger partial charge is 0.504 e. The third kappa shape index (κ3) is 2.03. The summed E-state index contributed by atoms with van der Waals surface area (Å²) in [6.45, 7) is 0.826. The zero-order valence-electron chi connectivity index (χ0n) is 10.4. The smallest absolute Gasteiger partial charge is 0.240 e. The molecule has 8 heteroatoms. The summed E-state index contributed by atoms with van der Waals surface area (Å²) < 4.78 is 29.5. The number of benzene rings is 1. The standard InChI is InChI=1S/C12H12FN3O4/c13-6-4-7-11(19-3-1-2-18-7)9(10(6)17)12-15-8(5-14)20-16-12/h4,17H,1-3,5,14H2. The van der Waals surface area contributed by atoms with Crippen LogP contribution < -0.4 is 15.2 Å². The summed E-state index contributed by atoms with van der Waals surface area (Å²) in [7, 11) is 0. The number of nitrogens with zero attached hydrogens (tertiary/aromatic N) is 2. The van der Waals surface area contributed by atoms with E-state index in [9.17, 15) is 9.50 Å². The molecule has 7 nitrogen and oxygen atoms in total. The molecular formula is C12H12FN3O4. The summed E-state index contributed by atoms with van der Waals surface area (Å²) in [6, 6.07) is 1.07. The summed E-state index contributed by atoms with van der Waals surface area (Å²) in [6.07, 6.45) is 0.650. The molecule has 106 valence electrons. The summed E-state index contributed by atoms with van der Waals surface area (Å²) in [5.41, 5.74) is 5.39. The highest BCUT2D eigenvalue weighted by Crippen LogP contribution is 2.45. The lowest BCUT2D eigenvalue weighted by atomic mass is 10.1. The van der Waals surface area contributed by atoms with Crippen LogP contribution in [0.1, 0.15) is 12.3 Å². The molecule has 3 N–H and O–H groups in total. The molecule has 0 saturated carbocycles. The van der Waals surface area contributed by atoms with Crippen molar-refractivity contribution < 1.29 is 23.5 Å². The quantitative estimate of drug-likeness (QED) is 0.852. The third-order valence-electron chi connectivity index (χ3n) is 2.83. The first-order chi connectivity index (χ1) is 9.70. The van der Waals surface area contributed by atoms with E-state index in [4.69, 9.17) is 19.7 Å². The highest BCUT2D eigenvalue weighted by molar-refractivity contribution is 5.75. The van der Waals surface area contributed by atoms with Gasteiger partial charge in [-0.3, -0.25) is 0 Å². The number of rotatable bonds is 2. The Bertz CT molecular complexity index is 644. The van der Waals surface area contributed by atoms with Crippen molar-refractivity contribution in [1.29, 1.82) is 0 Å². The van der Waals surface area contributed by atoms with Gasteiger partial charge in [0.1, 0.15) is 5.56 Å². The fourth-order valence-corrected chi connectivity index (χ4v) is 1.91. The number of halogens is 1. The van der Waals surface area contributed by atoms with Gasteiger partial charge in [0.05, 0.1) is 19.8 Å². The summed E-state index contributed by atoms with van der Waals surface area (Å²) >= 11 is 0. The van der Waals surface area contributed by atoms with Gasteiger partial charge < -0.3 is 24.8 Å². The SMILES string of the molecule is NCc1nc(-c2c(O)c(F)cc3c2OCCCO3)no1. The fraction of sp³-hybridized carbons (Fsp3) is 0.333. The maximum atomic E-state index is 13.8. The Morgan fingerprint density at radius 3 is 2.90 bits per heavy atom. The predicted molar refractivity (Wildman–Crippen MR) is 64.9 cm³/mol. The van der Waals surface area contributed by atoms with Crippen LogP contribution in [0.15, 0.2) is 10.6 Å². The summed E-state index contributed by atoms with van der Waals surface area (Å²) in [4.78, 5) is 3.97. The van der Waals surface area contributed by atoms with Gasteiger partial charge in [-0.1, -0.05) is 5.16 Å². The third-order valence-corrected chi connectivity index (χ3v) is 2.83. The number of fused-ring (bicyclic) bond motifs is 1. The molecular weight excluding hydrogens is 269 g/mol. The molecule has 20 heavy (non-hydrogen) atoms.